The Balaban J connectivity index is 1.71. The zero-order valence-electron chi connectivity index (χ0n) is 15.5. The van der Waals surface area contributed by atoms with Crippen molar-refractivity contribution < 1.29 is 13.2 Å². The Hall–Kier alpha value is -3.52. The maximum Gasteiger partial charge on any atom is 0.274 e. The van der Waals surface area contributed by atoms with Crippen LogP contribution in [0.25, 0.3) is 10.8 Å². The van der Waals surface area contributed by atoms with Crippen LogP contribution in [0.4, 0.5) is 0 Å². The molecule has 0 aliphatic rings. The molecule has 4 aromatic rings. The highest BCUT2D eigenvalue weighted by atomic mass is 32.2. The van der Waals surface area contributed by atoms with E-state index in [0.29, 0.717) is 16.7 Å². The van der Waals surface area contributed by atoms with E-state index in [2.05, 4.69) is 10.1 Å². The standard InChI is InChI=1S/C21H17N3O4S/c1-28-20-10-7-15(12-22-20)14-24-21(25)19-9-8-18(11-16(19)13-23-24)29(26,27)17-5-3-2-4-6-17/h2-13H,14H2,1H3. The summed E-state index contributed by atoms with van der Waals surface area (Å²) in [5.74, 6) is 0.486. The summed E-state index contributed by atoms with van der Waals surface area (Å²) >= 11 is 0. The summed E-state index contributed by atoms with van der Waals surface area (Å²) in [6.07, 6.45) is 3.12. The van der Waals surface area contributed by atoms with E-state index in [-0.39, 0.29) is 21.9 Å². The molecule has 0 saturated heterocycles. The molecule has 0 saturated carbocycles. The average molecular weight is 407 g/mol. The number of aromatic nitrogens is 3. The van der Waals surface area contributed by atoms with E-state index in [1.807, 2.05) is 0 Å². The second-order valence-corrected chi connectivity index (χ2v) is 8.33. The molecule has 0 bridgehead atoms. The van der Waals surface area contributed by atoms with Crippen LogP contribution in [0.1, 0.15) is 5.56 Å². The highest BCUT2D eigenvalue weighted by molar-refractivity contribution is 7.91. The van der Waals surface area contributed by atoms with Gasteiger partial charge in [0.05, 0.1) is 35.0 Å². The molecule has 0 radical (unpaired) electrons. The molecule has 2 aromatic carbocycles. The molecule has 7 nitrogen and oxygen atoms in total. The van der Waals surface area contributed by atoms with Gasteiger partial charge in [-0.05, 0) is 35.9 Å². The quantitative estimate of drug-likeness (QED) is 0.505. The Morgan fingerprint density at radius 2 is 1.76 bits per heavy atom. The highest BCUT2D eigenvalue weighted by Gasteiger charge is 2.18. The lowest BCUT2D eigenvalue weighted by molar-refractivity contribution is 0.397. The van der Waals surface area contributed by atoms with E-state index in [0.717, 1.165) is 5.56 Å². The first-order valence-electron chi connectivity index (χ1n) is 8.78. The first kappa shape index (κ1) is 18.8. The Kier molecular flexibility index (Phi) is 4.85. The number of fused-ring (bicyclic) bond motifs is 1. The van der Waals surface area contributed by atoms with Crippen molar-refractivity contribution in [1.82, 2.24) is 14.8 Å². The lowest BCUT2D eigenvalue weighted by Gasteiger charge is -2.08. The lowest BCUT2D eigenvalue weighted by atomic mass is 10.2. The van der Waals surface area contributed by atoms with Gasteiger partial charge >= 0.3 is 0 Å². The first-order valence-corrected chi connectivity index (χ1v) is 10.3. The van der Waals surface area contributed by atoms with Gasteiger partial charge in [-0.25, -0.2) is 18.1 Å². The Labute approximate surface area is 167 Å². The molecular weight excluding hydrogens is 390 g/mol. The number of sulfone groups is 1. The summed E-state index contributed by atoms with van der Waals surface area (Å²) < 4.78 is 31.9. The molecule has 0 spiro atoms. The second kappa shape index (κ2) is 7.48. The van der Waals surface area contributed by atoms with Crippen LogP contribution in [-0.2, 0) is 16.4 Å². The Bertz CT molecular complexity index is 1330. The number of ether oxygens (including phenoxy) is 1. The van der Waals surface area contributed by atoms with Gasteiger partial charge in [-0.15, -0.1) is 0 Å². The maximum absolute atomic E-state index is 12.8. The predicted octanol–water partition coefficient (Wildman–Crippen LogP) is 2.68. The minimum absolute atomic E-state index is 0.120. The van der Waals surface area contributed by atoms with Gasteiger partial charge in [0.15, 0.2) is 0 Å². The van der Waals surface area contributed by atoms with Crippen molar-refractivity contribution >= 4 is 20.6 Å². The monoisotopic (exact) mass is 407 g/mol. The number of rotatable bonds is 5. The molecule has 0 unspecified atom stereocenters. The van der Waals surface area contributed by atoms with Gasteiger partial charge in [-0.1, -0.05) is 24.3 Å². The number of hydrogen-bond acceptors (Lipinski definition) is 6. The molecule has 0 N–H and O–H groups in total. The summed E-state index contributed by atoms with van der Waals surface area (Å²) in [6.45, 7) is 0.246. The van der Waals surface area contributed by atoms with Gasteiger partial charge in [-0.2, -0.15) is 5.10 Å². The van der Waals surface area contributed by atoms with Gasteiger partial charge in [0, 0.05) is 17.6 Å². The first-order chi connectivity index (χ1) is 14.0. The minimum Gasteiger partial charge on any atom is -0.481 e. The van der Waals surface area contributed by atoms with E-state index < -0.39 is 9.84 Å². The van der Waals surface area contributed by atoms with Crippen LogP contribution in [0.5, 0.6) is 5.88 Å². The van der Waals surface area contributed by atoms with E-state index in [9.17, 15) is 13.2 Å². The fourth-order valence-electron chi connectivity index (χ4n) is 2.98. The molecule has 2 aromatic heterocycles. The molecule has 0 aliphatic carbocycles. The van der Waals surface area contributed by atoms with E-state index in [1.54, 1.807) is 48.7 Å². The SMILES string of the molecule is COc1ccc(Cn2ncc3cc(S(=O)(=O)c4ccccc4)ccc3c2=O)cn1. The predicted molar refractivity (Wildman–Crippen MR) is 108 cm³/mol. The molecular formula is C21H17N3O4S. The number of nitrogens with zero attached hydrogens (tertiary/aromatic N) is 3. The fourth-order valence-corrected chi connectivity index (χ4v) is 4.30. The largest absolute Gasteiger partial charge is 0.481 e. The van der Waals surface area contributed by atoms with Gasteiger partial charge in [-0.3, -0.25) is 4.79 Å². The van der Waals surface area contributed by atoms with Crippen molar-refractivity contribution in [3.8, 4) is 5.88 Å². The number of hydrogen-bond donors (Lipinski definition) is 0. The molecule has 0 atom stereocenters. The summed E-state index contributed by atoms with van der Waals surface area (Å²) in [7, 11) is -2.13. The van der Waals surface area contributed by atoms with Crippen LogP contribution >= 0.6 is 0 Å². The molecule has 0 amide bonds. The van der Waals surface area contributed by atoms with E-state index in [4.69, 9.17) is 4.74 Å². The van der Waals surface area contributed by atoms with Gasteiger partial charge in [0.25, 0.3) is 5.56 Å². The molecule has 2 heterocycles. The third kappa shape index (κ3) is 3.62. The molecule has 4 rings (SSSR count). The topological polar surface area (TPSA) is 91.2 Å². The van der Waals surface area contributed by atoms with Crippen molar-refractivity contribution in [3.05, 3.63) is 89.0 Å². The van der Waals surface area contributed by atoms with Gasteiger partial charge in [0.2, 0.25) is 15.7 Å². The summed E-state index contributed by atoms with van der Waals surface area (Å²) in [4.78, 5) is 17.2. The fraction of sp³-hybridized carbons (Fsp3) is 0.0952. The molecule has 0 fully saturated rings. The van der Waals surface area contributed by atoms with E-state index in [1.165, 1.54) is 36.2 Å². The van der Waals surface area contributed by atoms with Crippen LogP contribution in [0.15, 0.2) is 87.6 Å². The molecule has 0 aliphatic heterocycles. The average Bonchev–Trinajstić information content (AvgIpc) is 2.76. The number of benzene rings is 2. The minimum atomic E-state index is -3.67. The van der Waals surface area contributed by atoms with Crippen molar-refractivity contribution in [2.24, 2.45) is 0 Å². The third-order valence-corrected chi connectivity index (χ3v) is 6.29. The van der Waals surface area contributed by atoms with Crippen molar-refractivity contribution in [1.29, 1.82) is 0 Å². The number of methoxy groups -OCH3 is 1. The second-order valence-electron chi connectivity index (χ2n) is 6.38. The Morgan fingerprint density at radius 3 is 2.45 bits per heavy atom. The number of pyridine rings is 1. The maximum atomic E-state index is 12.8. The molecule has 146 valence electrons. The molecule has 29 heavy (non-hydrogen) atoms. The third-order valence-electron chi connectivity index (χ3n) is 4.53. The zero-order valence-corrected chi connectivity index (χ0v) is 16.3. The van der Waals surface area contributed by atoms with Gasteiger partial charge < -0.3 is 4.74 Å². The van der Waals surface area contributed by atoms with Crippen molar-refractivity contribution in [3.63, 3.8) is 0 Å². The van der Waals surface area contributed by atoms with Crippen LogP contribution in [0, 0.1) is 0 Å². The summed E-state index contributed by atoms with van der Waals surface area (Å²) in [5, 5.41) is 5.06. The van der Waals surface area contributed by atoms with Gasteiger partial charge in [0.1, 0.15) is 0 Å². The highest BCUT2D eigenvalue weighted by Crippen LogP contribution is 2.23. The normalized spacial score (nSPS) is 11.5. The van der Waals surface area contributed by atoms with Crippen LogP contribution in [-0.4, -0.2) is 30.3 Å². The van der Waals surface area contributed by atoms with Crippen LogP contribution in [0.3, 0.4) is 0 Å². The smallest absolute Gasteiger partial charge is 0.274 e. The molecule has 8 heteroatoms. The van der Waals surface area contributed by atoms with Crippen molar-refractivity contribution in [2.75, 3.05) is 7.11 Å². The lowest BCUT2D eigenvalue weighted by Crippen LogP contribution is -2.23. The van der Waals surface area contributed by atoms with E-state index >= 15 is 0 Å². The summed E-state index contributed by atoms with van der Waals surface area (Å²) in [5.41, 5.74) is 0.491. The summed E-state index contributed by atoms with van der Waals surface area (Å²) in [6, 6.07) is 16.1. The van der Waals surface area contributed by atoms with Crippen molar-refractivity contribution in [2.45, 2.75) is 16.3 Å². The Morgan fingerprint density at radius 1 is 0.966 bits per heavy atom. The van der Waals surface area contributed by atoms with Crippen LogP contribution in [0.2, 0.25) is 0 Å². The zero-order chi connectivity index (χ0) is 20.4. The van der Waals surface area contributed by atoms with Crippen LogP contribution < -0.4 is 10.3 Å².